The highest BCUT2D eigenvalue weighted by atomic mass is 16.4. The first kappa shape index (κ1) is 11.3. The molecular formula is C13H14N2O2. The molecule has 0 aliphatic carbocycles. The number of para-hydroxylation sites is 1. The third kappa shape index (κ3) is 2.47. The van der Waals surface area contributed by atoms with Crippen molar-refractivity contribution in [1.82, 2.24) is 4.57 Å². The topological polar surface area (TPSA) is 54.3 Å². The minimum atomic E-state index is -0.904. The number of benzene rings is 1. The van der Waals surface area contributed by atoms with Crippen LogP contribution >= 0.6 is 0 Å². The molecule has 0 spiro atoms. The molecule has 0 radical (unpaired) electrons. The van der Waals surface area contributed by atoms with Crippen LogP contribution in [0.4, 0.5) is 5.69 Å². The fourth-order valence-electron chi connectivity index (χ4n) is 1.69. The van der Waals surface area contributed by atoms with E-state index in [1.54, 1.807) is 17.7 Å². The summed E-state index contributed by atoms with van der Waals surface area (Å²) in [6.45, 7) is 0.605. The average Bonchev–Trinajstić information content (AvgIpc) is 2.69. The zero-order valence-corrected chi connectivity index (χ0v) is 9.55. The lowest BCUT2D eigenvalue weighted by Gasteiger charge is -2.08. The smallest absolute Gasteiger partial charge is 0.352 e. The first-order valence-electron chi connectivity index (χ1n) is 5.35. The summed E-state index contributed by atoms with van der Waals surface area (Å²) in [5.41, 5.74) is 2.26. The SMILES string of the molecule is Cn1c(CNc2ccccc2)ccc1C(=O)O. The second kappa shape index (κ2) is 4.74. The van der Waals surface area contributed by atoms with Gasteiger partial charge in [0.2, 0.25) is 0 Å². The molecule has 1 aromatic heterocycles. The van der Waals surface area contributed by atoms with Gasteiger partial charge in [-0.1, -0.05) is 18.2 Å². The molecule has 4 heteroatoms. The summed E-state index contributed by atoms with van der Waals surface area (Å²) < 4.78 is 1.68. The van der Waals surface area contributed by atoms with Gasteiger partial charge in [0.25, 0.3) is 0 Å². The summed E-state index contributed by atoms with van der Waals surface area (Å²) in [4.78, 5) is 10.9. The molecule has 0 atom stereocenters. The van der Waals surface area contributed by atoms with E-state index in [4.69, 9.17) is 5.11 Å². The van der Waals surface area contributed by atoms with Gasteiger partial charge in [0.15, 0.2) is 0 Å². The molecule has 0 aliphatic rings. The highest BCUT2D eigenvalue weighted by molar-refractivity contribution is 5.86. The first-order valence-corrected chi connectivity index (χ1v) is 5.35. The van der Waals surface area contributed by atoms with Crippen LogP contribution in [0.3, 0.4) is 0 Å². The largest absolute Gasteiger partial charge is 0.477 e. The van der Waals surface area contributed by atoms with Crippen molar-refractivity contribution in [2.45, 2.75) is 6.54 Å². The fourth-order valence-corrected chi connectivity index (χ4v) is 1.69. The minimum absolute atomic E-state index is 0.301. The van der Waals surface area contributed by atoms with E-state index in [0.29, 0.717) is 12.2 Å². The van der Waals surface area contributed by atoms with Crippen molar-refractivity contribution >= 4 is 11.7 Å². The first-order chi connectivity index (χ1) is 8.18. The molecule has 4 nitrogen and oxygen atoms in total. The summed E-state index contributed by atoms with van der Waals surface area (Å²) >= 11 is 0. The van der Waals surface area contributed by atoms with Gasteiger partial charge in [-0.2, -0.15) is 0 Å². The predicted octanol–water partition coefficient (Wildman–Crippen LogP) is 2.34. The maximum atomic E-state index is 10.9. The van der Waals surface area contributed by atoms with E-state index in [2.05, 4.69) is 5.32 Å². The summed E-state index contributed by atoms with van der Waals surface area (Å²) in [5.74, 6) is -0.904. The lowest BCUT2D eigenvalue weighted by atomic mass is 10.3. The fraction of sp³-hybridized carbons (Fsp3) is 0.154. The Hall–Kier alpha value is -2.23. The Bertz CT molecular complexity index is 517. The van der Waals surface area contributed by atoms with Crippen molar-refractivity contribution in [1.29, 1.82) is 0 Å². The summed E-state index contributed by atoms with van der Waals surface area (Å²) in [6, 6.07) is 13.2. The lowest BCUT2D eigenvalue weighted by molar-refractivity contribution is 0.0686. The predicted molar refractivity (Wildman–Crippen MR) is 66.1 cm³/mol. The number of anilines is 1. The van der Waals surface area contributed by atoms with Gasteiger partial charge in [-0.05, 0) is 24.3 Å². The monoisotopic (exact) mass is 230 g/mol. The highest BCUT2D eigenvalue weighted by Crippen LogP contribution is 2.11. The van der Waals surface area contributed by atoms with E-state index >= 15 is 0 Å². The third-order valence-corrected chi connectivity index (χ3v) is 2.69. The van der Waals surface area contributed by atoms with Crippen LogP contribution in [0.1, 0.15) is 16.2 Å². The van der Waals surface area contributed by atoms with E-state index < -0.39 is 5.97 Å². The van der Waals surface area contributed by atoms with Gasteiger partial charge in [0, 0.05) is 18.4 Å². The number of nitrogens with zero attached hydrogens (tertiary/aromatic N) is 1. The maximum Gasteiger partial charge on any atom is 0.352 e. The molecule has 0 unspecified atom stereocenters. The van der Waals surface area contributed by atoms with Crippen molar-refractivity contribution < 1.29 is 9.90 Å². The number of rotatable bonds is 4. The van der Waals surface area contributed by atoms with Crippen molar-refractivity contribution in [2.75, 3.05) is 5.32 Å². The van der Waals surface area contributed by atoms with E-state index in [9.17, 15) is 4.79 Å². The van der Waals surface area contributed by atoms with Crippen molar-refractivity contribution in [3.63, 3.8) is 0 Å². The molecule has 1 aromatic carbocycles. The number of hydrogen-bond acceptors (Lipinski definition) is 2. The molecule has 0 saturated carbocycles. The molecule has 1 heterocycles. The van der Waals surface area contributed by atoms with Crippen LogP contribution in [-0.2, 0) is 13.6 Å². The van der Waals surface area contributed by atoms with Crippen LogP contribution in [0.5, 0.6) is 0 Å². The Balaban J connectivity index is 2.07. The second-order valence-electron chi connectivity index (χ2n) is 3.79. The summed E-state index contributed by atoms with van der Waals surface area (Å²) in [5, 5.41) is 12.2. The third-order valence-electron chi connectivity index (χ3n) is 2.69. The van der Waals surface area contributed by atoms with Crippen molar-refractivity contribution in [2.24, 2.45) is 7.05 Å². The van der Waals surface area contributed by atoms with Crippen LogP contribution < -0.4 is 5.32 Å². The molecule has 0 bridgehead atoms. The maximum absolute atomic E-state index is 10.9. The van der Waals surface area contributed by atoms with Crippen molar-refractivity contribution in [3.05, 3.63) is 53.9 Å². The highest BCUT2D eigenvalue weighted by Gasteiger charge is 2.10. The molecule has 0 fully saturated rings. The van der Waals surface area contributed by atoms with Gasteiger partial charge in [-0.3, -0.25) is 0 Å². The minimum Gasteiger partial charge on any atom is -0.477 e. The van der Waals surface area contributed by atoms with Gasteiger partial charge in [-0.15, -0.1) is 0 Å². The Labute approximate surface area is 99.5 Å². The summed E-state index contributed by atoms with van der Waals surface area (Å²) in [6.07, 6.45) is 0. The van der Waals surface area contributed by atoms with Crippen LogP contribution in [0.15, 0.2) is 42.5 Å². The quantitative estimate of drug-likeness (QED) is 0.847. The second-order valence-corrected chi connectivity index (χ2v) is 3.79. The standard InChI is InChI=1S/C13H14N2O2/c1-15-11(7-8-12(15)13(16)17)9-14-10-5-3-2-4-6-10/h2-8,14H,9H2,1H3,(H,16,17). The molecule has 0 amide bonds. The zero-order valence-electron chi connectivity index (χ0n) is 9.55. The van der Waals surface area contributed by atoms with Gasteiger partial charge in [0.05, 0.1) is 6.54 Å². The molecule has 2 N–H and O–H groups in total. The zero-order chi connectivity index (χ0) is 12.3. The molecule has 2 aromatic rings. The number of carboxylic acids is 1. The van der Waals surface area contributed by atoms with Crippen LogP contribution in [0.25, 0.3) is 0 Å². The molecule has 0 saturated heterocycles. The summed E-state index contributed by atoms with van der Waals surface area (Å²) in [7, 11) is 1.76. The molecule has 0 aliphatic heterocycles. The Morgan fingerprint density at radius 2 is 1.94 bits per heavy atom. The number of carboxylic acid groups (broad SMARTS) is 1. The number of aromatic carboxylic acids is 1. The molecule has 17 heavy (non-hydrogen) atoms. The van der Waals surface area contributed by atoms with Gasteiger partial charge in [0.1, 0.15) is 5.69 Å². The van der Waals surface area contributed by atoms with E-state index in [0.717, 1.165) is 11.4 Å². The van der Waals surface area contributed by atoms with E-state index in [-0.39, 0.29) is 0 Å². The number of nitrogens with one attached hydrogen (secondary N) is 1. The number of carbonyl (C=O) groups is 1. The van der Waals surface area contributed by atoms with Crippen molar-refractivity contribution in [3.8, 4) is 0 Å². The number of aromatic nitrogens is 1. The van der Waals surface area contributed by atoms with E-state index in [1.807, 2.05) is 36.4 Å². The van der Waals surface area contributed by atoms with Gasteiger partial charge < -0.3 is 15.0 Å². The van der Waals surface area contributed by atoms with Crippen LogP contribution in [0, 0.1) is 0 Å². The van der Waals surface area contributed by atoms with Gasteiger partial charge in [-0.25, -0.2) is 4.79 Å². The lowest BCUT2D eigenvalue weighted by Crippen LogP contribution is -2.09. The Morgan fingerprint density at radius 3 is 2.53 bits per heavy atom. The van der Waals surface area contributed by atoms with Crippen LogP contribution in [-0.4, -0.2) is 15.6 Å². The number of hydrogen-bond donors (Lipinski definition) is 2. The van der Waals surface area contributed by atoms with Gasteiger partial charge >= 0.3 is 5.97 Å². The molecule has 88 valence electrons. The van der Waals surface area contributed by atoms with Crippen LogP contribution in [0.2, 0.25) is 0 Å². The molecule has 2 rings (SSSR count). The average molecular weight is 230 g/mol. The Morgan fingerprint density at radius 1 is 1.24 bits per heavy atom. The Kier molecular flexibility index (Phi) is 3.14. The normalized spacial score (nSPS) is 10.2. The van der Waals surface area contributed by atoms with E-state index in [1.165, 1.54) is 0 Å². The molecular weight excluding hydrogens is 216 g/mol.